The molecule has 0 bridgehead atoms. The van der Waals surface area contributed by atoms with Crippen LogP contribution in [0.3, 0.4) is 0 Å². The lowest BCUT2D eigenvalue weighted by atomic mass is 9.98. The number of nitrogens with two attached hydrogens (primary N) is 1. The minimum absolute atomic E-state index is 0.00459. The van der Waals surface area contributed by atoms with Gasteiger partial charge in [0.2, 0.25) is 5.60 Å². The van der Waals surface area contributed by atoms with Crippen molar-refractivity contribution in [2.24, 2.45) is 5.16 Å². The van der Waals surface area contributed by atoms with Crippen LogP contribution in [-0.2, 0) is 49.3 Å². The van der Waals surface area contributed by atoms with Crippen molar-refractivity contribution in [3.05, 3.63) is 11.1 Å². The first-order chi connectivity index (χ1) is 18.5. The second kappa shape index (κ2) is 10.5. The summed E-state index contributed by atoms with van der Waals surface area (Å²) in [4.78, 5) is 57.3. The first-order valence-corrected chi connectivity index (χ1v) is 15.0. The summed E-state index contributed by atoms with van der Waals surface area (Å²) in [7, 11) is -9.41. The van der Waals surface area contributed by atoms with Crippen molar-refractivity contribution in [1.82, 2.24) is 23.6 Å². The topological polar surface area (TPSA) is 277 Å². The minimum atomic E-state index is -5.17. The van der Waals surface area contributed by atoms with E-state index in [4.69, 9.17) is 15.3 Å². The van der Waals surface area contributed by atoms with Gasteiger partial charge in [0, 0.05) is 38.2 Å². The van der Waals surface area contributed by atoms with Crippen molar-refractivity contribution >= 4 is 66.4 Å². The Bertz CT molecular complexity index is 1490. The zero-order valence-electron chi connectivity index (χ0n) is 20.4. The number of amides is 2. The number of carboxylic acids is 1. The largest absolute Gasteiger partial charge is 0.478 e. The molecule has 40 heavy (non-hydrogen) atoms. The number of carbonyl (C=O) groups excluding carboxylic acids is 3. The summed E-state index contributed by atoms with van der Waals surface area (Å²) in [5.41, 5.74) is 3.23. The van der Waals surface area contributed by atoms with Gasteiger partial charge in [-0.3, -0.25) is 18.9 Å². The van der Waals surface area contributed by atoms with E-state index in [-0.39, 0.29) is 41.1 Å². The Kier molecular flexibility index (Phi) is 7.76. The molecule has 0 unspecified atom stereocenters. The van der Waals surface area contributed by atoms with Crippen molar-refractivity contribution in [2.45, 2.75) is 43.5 Å². The molecule has 1 aliphatic carbocycles. The number of nitrogens with one attached hydrogen (secondary N) is 2. The molecule has 1 saturated carbocycles. The number of β-lactam (4-membered cyclic amide) rings is 1. The fourth-order valence-corrected chi connectivity index (χ4v) is 6.75. The molecular formula is C18H23N7O12S3. The second-order valence-corrected chi connectivity index (χ2v) is 12.9. The third-order valence-corrected chi connectivity index (χ3v) is 9.28. The molecule has 0 spiro atoms. The van der Waals surface area contributed by atoms with Gasteiger partial charge < -0.3 is 25.7 Å². The van der Waals surface area contributed by atoms with Gasteiger partial charge >= 0.3 is 22.2 Å². The zero-order valence-corrected chi connectivity index (χ0v) is 22.9. The van der Waals surface area contributed by atoms with Crippen LogP contribution in [0.15, 0.2) is 10.5 Å². The Morgan fingerprint density at radius 3 is 2.58 bits per heavy atom. The number of carbonyl (C=O) groups is 4. The van der Waals surface area contributed by atoms with Gasteiger partial charge in [0.1, 0.15) is 18.3 Å². The molecule has 0 radical (unpaired) electrons. The summed E-state index contributed by atoms with van der Waals surface area (Å²) >= 11 is 0.911. The Balaban J connectivity index is 1.56. The molecule has 2 saturated heterocycles. The van der Waals surface area contributed by atoms with Crippen LogP contribution >= 0.6 is 11.3 Å². The van der Waals surface area contributed by atoms with Crippen molar-refractivity contribution in [3.63, 3.8) is 0 Å². The van der Waals surface area contributed by atoms with Crippen molar-refractivity contribution < 1.29 is 55.2 Å². The average molecular weight is 626 g/mol. The highest BCUT2D eigenvalue weighted by molar-refractivity contribution is 7.87. The van der Waals surface area contributed by atoms with E-state index in [1.807, 2.05) is 0 Å². The second-order valence-electron chi connectivity index (χ2n) is 8.97. The first kappa shape index (κ1) is 29.5. The van der Waals surface area contributed by atoms with Crippen LogP contribution in [0, 0.1) is 0 Å². The molecule has 3 atom stereocenters. The van der Waals surface area contributed by atoms with Gasteiger partial charge in [-0.05, 0) is 0 Å². The number of esters is 1. The molecule has 2 amide bonds. The lowest BCUT2D eigenvalue weighted by Gasteiger charge is -2.45. The smallest absolute Gasteiger partial charge is 0.362 e. The Morgan fingerprint density at radius 1 is 1.38 bits per heavy atom. The highest BCUT2D eigenvalue weighted by Crippen LogP contribution is 2.40. The quantitative estimate of drug-likeness (QED) is 0.0528. The van der Waals surface area contributed by atoms with Gasteiger partial charge in [-0.15, -0.1) is 11.3 Å². The van der Waals surface area contributed by atoms with Crippen LogP contribution in [0.25, 0.3) is 0 Å². The predicted molar refractivity (Wildman–Crippen MR) is 132 cm³/mol. The molecule has 4 rings (SSSR count). The lowest BCUT2D eigenvalue weighted by molar-refractivity contribution is -0.153. The summed E-state index contributed by atoms with van der Waals surface area (Å²) in [5, 5.41) is 16.5. The number of hydrogen-bond donors (Lipinski definition) is 5. The fraction of sp³-hybridized carbons (Fsp3) is 0.556. The number of carboxylic acid groups (broad SMARTS) is 1. The highest BCUT2D eigenvalue weighted by Gasteiger charge is 2.57. The van der Waals surface area contributed by atoms with Gasteiger partial charge in [0.15, 0.2) is 10.8 Å². The van der Waals surface area contributed by atoms with E-state index in [9.17, 15) is 45.7 Å². The number of hydrogen-bond acceptors (Lipinski definition) is 14. The molecule has 1 aromatic rings. The molecule has 3 fully saturated rings. The summed E-state index contributed by atoms with van der Waals surface area (Å²) in [6.07, 6.45) is 0.229. The molecule has 1 aromatic heterocycles. The molecule has 22 heteroatoms. The standard InChI is InChI=1S/C18H23N7O12S3/c1-8(26)36-6-9-4-24(39(31,32)23-9)5-11-13(15(28)25(11)40(33,34)35)21-14(27)12(10-7-38-17(19)20-10)22-37-18(2-3-18)16(29)30/h7,9,11,13,23H,2-6H2,1H3,(H2,19,20)(H,21,27)(H,29,30)(H,33,34,35)/b22-12-/t9-,11+,13-/m0/s1. The van der Waals surface area contributed by atoms with Crippen LogP contribution in [0.2, 0.25) is 0 Å². The maximum atomic E-state index is 13.2. The summed E-state index contributed by atoms with van der Waals surface area (Å²) in [6.45, 7) is -0.203. The summed E-state index contributed by atoms with van der Waals surface area (Å²) in [6, 6.07) is -4.17. The first-order valence-electron chi connectivity index (χ1n) is 11.3. The number of nitrogens with zero attached hydrogens (tertiary/aromatic N) is 4. The van der Waals surface area contributed by atoms with Crippen molar-refractivity contribution in [2.75, 3.05) is 25.4 Å². The van der Waals surface area contributed by atoms with Gasteiger partial charge in [-0.1, -0.05) is 5.16 Å². The predicted octanol–water partition coefficient (Wildman–Crippen LogP) is -3.36. The average Bonchev–Trinajstić information content (AvgIpc) is 3.42. The van der Waals surface area contributed by atoms with Gasteiger partial charge in [0.25, 0.3) is 22.0 Å². The van der Waals surface area contributed by atoms with E-state index in [0.29, 0.717) is 0 Å². The molecule has 2 aliphatic heterocycles. The molecule has 3 heterocycles. The minimum Gasteiger partial charge on any atom is -0.478 e. The number of anilines is 1. The third-order valence-electron chi connectivity index (χ3n) is 6.05. The van der Waals surface area contributed by atoms with Crippen molar-refractivity contribution in [3.8, 4) is 0 Å². The lowest BCUT2D eigenvalue weighted by Crippen LogP contribution is -2.74. The van der Waals surface area contributed by atoms with Crippen LogP contribution in [0.1, 0.15) is 25.5 Å². The Hall–Kier alpha value is -3.44. The van der Waals surface area contributed by atoms with Gasteiger partial charge in [-0.25, -0.2) is 14.1 Å². The van der Waals surface area contributed by atoms with Crippen LogP contribution in [0.5, 0.6) is 0 Å². The summed E-state index contributed by atoms with van der Waals surface area (Å²) in [5.74, 6) is -4.43. The number of nitrogen functional groups attached to an aromatic ring is 1. The van der Waals surface area contributed by atoms with E-state index in [0.717, 1.165) is 22.6 Å². The maximum absolute atomic E-state index is 13.2. The van der Waals surface area contributed by atoms with E-state index in [1.54, 1.807) is 0 Å². The van der Waals surface area contributed by atoms with E-state index >= 15 is 0 Å². The Labute approximate surface area is 230 Å². The van der Waals surface area contributed by atoms with E-state index in [1.165, 1.54) is 5.38 Å². The van der Waals surface area contributed by atoms with Crippen LogP contribution in [-0.4, -0.2) is 113 Å². The third kappa shape index (κ3) is 6.00. The molecule has 6 N–H and O–H groups in total. The molecule has 3 aliphatic rings. The Morgan fingerprint density at radius 2 is 2.05 bits per heavy atom. The molecule has 0 aromatic carbocycles. The SMILES string of the molecule is CC(=O)OC[C@@H]1CN(C[C@@H]2[C@H](NC(=O)/C(=N\OC3(C(=O)O)CC3)c3csc(N)n3)C(=O)N2S(=O)(=O)O)S(=O)(=O)N1. The highest BCUT2D eigenvalue weighted by atomic mass is 32.2. The number of aromatic nitrogens is 1. The van der Waals surface area contributed by atoms with Gasteiger partial charge in [0.05, 0.1) is 12.1 Å². The van der Waals surface area contributed by atoms with Crippen LogP contribution < -0.4 is 15.8 Å². The monoisotopic (exact) mass is 625 g/mol. The molecular weight excluding hydrogens is 602 g/mol. The number of ether oxygens (including phenoxy) is 1. The number of oxime groups is 1. The van der Waals surface area contributed by atoms with Crippen LogP contribution in [0.4, 0.5) is 5.13 Å². The normalized spacial score (nSPS) is 25.6. The van der Waals surface area contributed by atoms with Crippen molar-refractivity contribution in [1.29, 1.82) is 0 Å². The molecule has 220 valence electrons. The maximum Gasteiger partial charge on any atom is 0.362 e. The number of thiazole rings is 1. The van der Waals surface area contributed by atoms with Gasteiger partial charge in [-0.2, -0.15) is 25.9 Å². The van der Waals surface area contributed by atoms with E-state index in [2.05, 4.69) is 20.2 Å². The fourth-order valence-electron chi connectivity index (χ4n) is 3.89. The van der Waals surface area contributed by atoms with E-state index < -0.39 is 80.2 Å². The zero-order chi connectivity index (χ0) is 29.6. The number of aliphatic carboxylic acids is 1. The summed E-state index contributed by atoms with van der Waals surface area (Å²) < 4.78 is 66.2. The molecule has 19 nitrogen and oxygen atoms in total. The number of rotatable bonds is 11.